The Balaban J connectivity index is 1.15. The van der Waals surface area contributed by atoms with Gasteiger partial charge in [0.25, 0.3) is 0 Å². The summed E-state index contributed by atoms with van der Waals surface area (Å²) in [6.45, 7) is 3.23. The van der Waals surface area contributed by atoms with Crippen molar-refractivity contribution in [2.24, 2.45) is 11.3 Å². The molecular weight excluding hydrogens is 420 g/mol. The highest BCUT2D eigenvalue weighted by atomic mass is 16.6. The Morgan fingerprint density at radius 2 is 1.67 bits per heavy atom. The first-order valence-electron chi connectivity index (χ1n) is 11.5. The number of carbonyl (C=O) groups is 3. The zero-order valence-electron chi connectivity index (χ0n) is 18.7. The van der Waals surface area contributed by atoms with Crippen molar-refractivity contribution in [1.82, 2.24) is 9.80 Å². The molecule has 172 valence electrons. The summed E-state index contributed by atoms with van der Waals surface area (Å²) in [5, 5.41) is 0. The van der Waals surface area contributed by atoms with Gasteiger partial charge in [0.2, 0.25) is 5.91 Å². The molecule has 1 saturated carbocycles. The van der Waals surface area contributed by atoms with Gasteiger partial charge in [0, 0.05) is 19.0 Å². The summed E-state index contributed by atoms with van der Waals surface area (Å²) in [7, 11) is 0. The molecule has 3 atom stereocenters. The molecule has 2 aliphatic heterocycles. The minimum Gasteiger partial charge on any atom is -0.445 e. The van der Waals surface area contributed by atoms with Crippen molar-refractivity contribution in [2.45, 2.75) is 44.9 Å². The maximum atomic E-state index is 13.3. The second kappa shape index (κ2) is 8.54. The van der Waals surface area contributed by atoms with Gasteiger partial charge in [-0.05, 0) is 42.7 Å². The van der Waals surface area contributed by atoms with Crippen molar-refractivity contribution in [1.29, 1.82) is 0 Å². The van der Waals surface area contributed by atoms with E-state index in [1.165, 1.54) is 4.90 Å². The van der Waals surface area contributed by atoms with Crippen LogP contribution in [0.15, 0.2) is 60.7 Å². The number of rotatable bonds is 4. The van der Waals surface area contributed by atoms with Gasteiger partial charge in [-0.15, -0.1) is 0 Å². The van der Waals surface area contributed by atoms with Crippen LogP contribution < -0.4 is 0 Å². The molecule has 2 aromatic rings. The van der Waals surface area contributed by atoms with Gasteiger partial charge in [0.15, 0.2) is 0 Å². The maximum Gasteiger partial charge on any atom is 0.417 e. The Hall–Kier alpha value is -3.35. The van der Waals surface area contributed by atoms with Gasteiger partial charge in [0.1, 0.15) is 12.7 Å². The standard InChI is InChI=1S/C26H28N2O5/c1-18-22(20-10-6-3-7-11-20)33-25(31)28(18)23(29)21-16-26(21)12-14-27(15-13-26)24(30)32-17-19-8-4-2-5-9-19/h2-11,18,21-22H,12-17H2,1H3/t18-,21-,22-/m1/s1. The highest BCUT2D eigenvalue weighted by Crippen LogP contribution is 2.60. The van der Waals surface area contributed by atoms with Crippen LogP contribution in [0.5, 0.6) is 0 Å². The van der Waals surface area contributed by atoms with E-state index >= 15 is 0 Å². The number of ether oxygens (including phenoxy) is 2. The third-order valence-electron chi connectivity index (χ3n) is 7.35. The Bertz CT molecular complexity index is 1030. The smallest absolute Gasteiger partial charge is 0.417 e. The molecular formula is C26H28N2O5. The number of imide groups is 1. The van der Waals surface area contributed by atoms with E-state index < -0.39 is 12.2 Å². The highest BCUT2D eigenvalue weighted by molar-refractivity contribution is 5.97. The number of likely N-dealkylation sites (tertiary alicyclic amines) is 1. The Morgan fingerprint density at radius 3 is 2.33 bits per heavy atom. The van der Waals surface area contributed by atoms with E-state index in [4.69, 9.17) is 9.47 Å². The van der Waals surface area contributed by atoms with Gasteiger partial charge in [-0.2, -0.15) is 0 Å². The summed E-state index contributed by atoms with van der Waals surface area (Å²) in [5.41, 5.74) is 1.71. The zero-order valence-corrected chi connectivity index (χ0v) is 18.7. The number of carbonyl (C=O) groups excluding carboxylic acids is 3. The molecule has 2 heterocycles. The van der Waals surface area contributed by atoms with Crippen LogP contribution in [-0.2, 0) is 20.9 Å². The van der Waals surface area contributed by atoms with Crippen molar-refractivity contribution in [2.75, 3.05) is 13.1 Å². The van der Waals surface area contributed by atoms with Crippen LogP contribution in [0.3, 0.4) is 0 Å². The first-order valence-corrected chi connectivity index (χ1v) is 11.5. The third-order valence-corrected chi connectivity index (χ3v) is 7.35. The lowest BCUT2D eigenvalue weighted by Gasteiger charge is -2.32. The quantitative estimate of drug-likeness (QED) is 0.687. The van der Waals surface area contributed by atoms with Crippen molar-refractivity contribution in [3.05, 3.63) is 71.8 Å². The monoisotopic (exact) mass is 448 g/mol. The van der Waals surface area contributed by atoms with Crippen molar-refractivity contribution >= 4 is 18.1 Å². The third kappa shape index (κ3) is 4.08. The molecule has 0 unspecified atom stereocenters. The molecule has 0 N–H and O–H groups in total. The van der Waals surface area contributed by atoms with Gasteiger partial charge in [-0.25, -0.2) is 14.5 Å². The average molecular weight is 449 g/mol. The molecule has 1 spiro atoms. The second-order valence-electron chi connectivity index (χ2n) is 9.31. The van der Waals surface area contributed by atoms with Gasteiger partial charge in [0.05, 0.1) is 6.04 Å². The summed E-state index contributed by atoms with van der Waals surface area (Å²) >= 11 is 0. The molecule has 3 fully saturated rings. The first kappa shape index (κ1) is 21.5. The van der Waals surface area contributed by atoms with Gasteiger partial charge in [-0.3, -0.25) is 4.79 Å². The minimum absolute atomic E-state index is 0.127. The fourth-order valence-corrected chi connectivity index (χ4v) is 5.21. The van der Waals surface area contributed by atoms with E-state index in [-0.39, 0.29) is 36.0 Å². The number of benzene rings is 2. The lowest BCUT2D eigenvalue weighted by Crippen LogP contribution is -2.43. The molecule has 3 amide bonds. The van der Waals surface area contributed by atoms with Crippen LogP contribution in [0.4, 0.5) is 9.59 Å². The second-order valence-corrected chi connectivity index (χ2v) is 9.31. The summed E-state index contributed by atoms with van der Waals surface area (Å²) in [5.74, 6) is -0.337. The average Bonchev–Trinajstić information content (AvgIpc) is 3.46. The van der Waals surface area contributed by atoms with Crippen LogP contribution >= 0.6 is 0 Å². The van der Waals surface area contributed by atoms with Gasteiger partial charge < -0.3 is 14.4 Å². The molecule has 33 heavy (non-hydrogen) atoms. The predicted octanol–water partition coefficient (Wildman–Crippen LogP) is 4.53. The van der Waals surface area contributed by atoms with Crippen molar-refractivity contribution < 1.29 is 23.9 Å². The SMILES string of the molecule is C[C@@H]1[C@H](c2ccccc2)OC(=O)N1C(=O)[C@H]1CC12CCN(C(=O)OCc1ccccc1)CC2. The number of hydrogen-bond acceptors (Lipinski definition) is 5. The fourth-order valence-electron chi connectivity index (χ4n) is 5.21. The van der Waals surface area contributed by atoms with Crippen LogP contribution in [0.25, 0.3) is 0 Å². The molecule has 2 aromatic carbocycles. The predicted molar refractivity (Wildman–Crippen MR) is 120 cm³/mol. The van der Waals surface area contributed by atoms with E-state index in [9.17, 15) is 14.4 Å². The Labute approximate surface area is 193 Å². The largest absolute Gasteiger partial charge is 0.445 e. The number of hydrogen-bond donors (Lipinski definition) is 0. The summed E-state index contributed by atoms with van der Waals surface area (Å²) in [4.78, 5) is 41.3. The lowest BCUT2D eigenvalue weighted by atomic mass is 9.90. The molecule has 0 radical (unpaired) electrons. The minimum atomic E-state index is -0.565. The van der Waals surface area contributed by atoms with Gasteiger partial charge >= 0.3 is 12.2 Å². The molecule has 0 bridgehead atoms. The number of amides is 3. The fraction of sp³-hybridized carbons (Fsp3) is 0.423. The van der Waals surface area contributed by atoms with Crippen LogP contribution in [0, 0.1) is 11.3 Å². The lowest BCUT2D eigenvalue weighted by molar-refractivity contribution is -0.131. The molecule has 0 aromatic heterocycles. The molecule has 2 saturated heterocycles. The van der Waals surface area contributed by atoms with Crippen LogP contribution in [0.1, 0.15) is 43.4 Å². The number of piperidine rings is 1. The molecule has 7 nitrogen and oxygen atoms in total. The van der Waals surface area contributed by atoms with Crippen LogP contribution in [0.2, 0.25) is 0 Å². The Morgan fingerprint density at radius 1 is 1.03 bits per heavy atom. The molecule has 1 aliphatic carbocycles. The number of nitrogens with zero attached hydrogens (tertiary/aromatic N) is 2. The molecule has 5 rings (SSSR count). The topological polar surface area (TPSA) is 76.2 Å². The number of cyclic esters (lactones) is 1. The zero-order chi connectivity index (χ0) is 23.0. The molecule has 7 heteroatoms. The van der Waals surface area contributed by atoms with E-state index in [0.717, 1.165) is 30.4 Å². The van der Waals surface area contributed by atoms with E-state index in [0.29, 0.717) is 13.1 Å². The first-order chi connectivity index (χ1) is 16.0. The molecule has 3 aliphatic rings. The van der Waals surface area contributed by atoms with Crippen molar-refractivity contribution in [3.63, 3.8) is 0 Å². The Kier molecular flexibility index (Phi) is 5.56. The maximum absolute atomic E-state index is 13.3. The van der Waals surface area contributed by atoms with E-state index in [2.05, 4.69) is 0 Å². The summed E-state index contributed by atoms with van der Waals surface area (Å²) in [6, 6.07) is 18.8. The summed E-state index contributed by atoms with van der Waals surface area (Å²) < 4.78 is 11.0. The normalized spacial score (nSPS) is 25.6. The van der Waals surface area contributed by atoms with Gasteiger partial charge in [-0.1, -0.05) is 60.7 Å². The highest BCUT2D eigenvalue weighted by Gasteiger charge is 2.62. The van der Waals surface area contributed by atoms with E-state index in [1.54, 1.807) is 4.90 Å². The van der Waals surface area contributed by atoms with Crippen molar-refractivity contribution in [3.8, 4) is 0 Å². The summed E-state index contributed by atoms with van der Waals surface area (Å²) in [6.07, 6.45) is 0.904. The van der Waals surface area contributed by atoms with Crippen LogP contribution in [-0.4, -0.2) is 47.0 Å². The van der Waals surface area contributed by atoms with E-state index in [1.807, 2.05) is 67.6 Å².